The molecule has 0 heterocycles. The van der Waals surface area contributed by atoms with E-state index >= 15 is 0 Å². The molecular formula is C15H18BrNO2. The Hall–Kier alpha value is -1.29. The highest BCUT2D eigenvalue weighted by atomic mass is 79.9. The summed E-state index contributed by atoms with van der Waals surface area (Å²) in [6.45, 7) is 2.23. The molecule has 1 aliphatic rings. The fourth-order valence-corrected chi connectivity index (χ4v) is 2.63. The van der Waals surface area contributed by atoms with E-state index in [4.69, 9.17) is 5.11 Å². The number of carbonyl (C=O) groups is 1. The van der Waals surface area contributed by atoms with E-state index in [0.717, 1.165) is 21.6 Å². The standard InChI is InChI=1S/C15H18BrNO2/c1-10(11-3-4-11)17(2)14-7-6-13(16)9-12(14)5-8-15(18)19/h5-11H,3-4H2,1-2H3,(H,18,19)/b8-5+. The maximum absolute atomic E-state index is 10.7. The maximum atomic E-state index is 10.7. The Morgan fingerprint density at radius 1 is 1.53 bits per heavy atom. The maximum Gasteiger partial charge on any atom is 0.328 e. The number of anilines is 1. The molecule has 4 heteroatoms. The lowest BCUT2D eigenvalue weighted by atomic mass is 10.1. The van der Waals surface area contributed by atoms with Gasteiger partial charge < -0.3 is 10.0 Å². The van der Waals surface area contributed by atoms with E-state index in [1.807, 2.05) is 18.2 Å². The van der Waals surface area contributed by atoms with E-state index in [1.54, 1.807) is 6.08 Å². The molecule has 0 bridgehead atoms. The van der Waals surface area contributed by atoms with Crippen molar-refractivity contribution < 1.29 is 9.90 Å². The monoisotopic (exact) mass is 323 g/mol. The van der Waals surface area contributed by atoms with E-state index < -0.39 is 5.97 Å². The van der Waals surface area contributed by atoms with Crippen molar-refractivity contribution in [2.45, 2.75) is 25.8 Å². The average Bonchev–Trinajstić information content (AvgIpc) is 3.19. The summed E-state index contributed by atoms with van der Waals surface area (Å²) in [5.41, 5.74) is 1.99. The van der Waals surface area contributed by atoms with Gasteiger partial charge in [-0.2, -0.15) is 0 Å². The van der Waals surface area contributed by atoms with Crippen LogP contribution in [0.4, 0.5) is 5.69 Å². The zero-order valence-corrected chi connectivity index (χ0v) is 12.7. The lowest BCUT2D eigenvalue weighted by molar-refractivity contribution is -0.131. The number of carboxylic acid groups (broad SMARTS) is 1. The molecule has 1 aliphatic carbocycles. The highest BCUT2D eigenvalue weighted by molar-refractivity contribution is 9.10. The van der Waals surface area contributed by atoms with Crippen LogP contribution in [-0.4, -0.2) is 24.2 Å². The number of hydrogen-bond donors (Lipinski definition) is 1. The largest absolute Gasteiger partial charge is 0.478 e. The normalized spacial score (nSPS) is 16.6. The first-order chi connectivity index (χ1) is 8.99. The number of hydrogen-bond acceptors (Lipinski definition) is 2. The van der Waals surface area contributed by atoms with Crippen molar-refractivity contribution in [3.05, 3.63) is 34.3 Å². The Bertz CT molecular complexity index is 509. The van der Waals surface area contributed by atoms with Crippen molar-refractivity contribution in [1.82, 2.24) is 0 Å². The zero-order chi connectivity index (χ0) is 14.0. The highest BCUT2D eigenvalue weighted by Crippen LogP contribution is 2.37. The van der Waals surface area contributed by atoms with Gasteiger partial charge in [-0.15, -0.1) is 0 Å². The van der Waals surface area contributed by atoms with Crippen LogP contribution in [0.5, 0.6) is 0 Å². The second kappa shape index (κ2) is 5.78. The molecule has 1 saturated carbocycles. The molecule has 1 aromatic carbocycles. The summed E-state index contributed by atoms with van der Waals surface area (Å²) >= 11 is 3.43. The highest BCUT2D eigenvalue weighted by Gasteiger charge is 2.31. The third-order valence-corrected chi connectivity index (χ3v) is 4.18. The number of nitrogens with zero attached hydrogens (tertiary/aromatic N) is 1. The Labute approximate surface area is 122 Å². The SMILES string of the molecule is CC(C1CC1)N(C)c1ccc(Br)cc1/C=C/C(=O)O. The number of rotatable bonds is 5. The van der Waals surface area contributed by atoms with Gasteiger partial charge >= 0.3 is 5.97 Å². The Morgan fingerprint density at radius 2 is 2.21 bits per heavy atom. The minimum Gasteiger partial charge on any atom is -0.478 e. The minimum atomic E-state index is -0.927. The van der Waals surface area contributed by atoms with Crippen molar-refractivity contribution >= 4 is 33.7 Å². The molecule has 1 N–H and O–H groups in total. The first-order valence-electron chi connectivity index (χ1n) is 6.42. The number of carboxylic acids is 1. The molecule has 1 atom stereocenters. The summed E-state index contributed by atoms with van der Waals surface area (Å²) in [5.74, 6) is -0.159. The summed E-state index contributed by atoms with van der Waals surface area (Å²) < 4.78 is 0.953. The molecule has 1 aromatic rings. The van der Waals surface area contributed by atoms with Crippen molar-refractivity contribution in [3.63, 3.8) is 0 Å². The lowest BCUT2D eigenvalue weighted by Crippen LogP contribution is -2.31. The van der Waals surface area contributed by atoms with Gasteiger partial charge in [-0.05, 0) is 55.5 Å². The van der Waals surface area contributed by atoms with Gasteiger partial charge in [0.15, 0.2) is 0 Å². The number of benzene rings is 1. The van der Waals surface area contributed by atoms with Crippen LogP contribution in [0, 0.1) is 5.92 Å². The zero-order valence-electron chi connectivity index (χ0n) is 11.1. The molecule has 0 radical (unpaired) electrons. The van der Waals surface area contributed by atoms with Crippen molar-refractivity contribution in [2.75, 3.05) is 11.9 Å². The fraction of sp³-hybridized carbons (Fsp3) is 0.400. The molecule has 2 rings (SSSR count). The minimum absolute atomic E-state index is 0.484. The third kappa shape index (κ3) is 3.60. The van der Waals surface area contributed by atoms with Crippen LogP contribution in [0.25, 0.3) is 6.08 Å². The average molecular weight is 324 g/mol. The van der Waals surface area contributed by atoms with Gasteiger partial charge in [0.1, 0.15) is 0 Å². The van der Waals surface area contributed by atoms with Crippen LogP contribution in [-0.2, 0) is 4.79 Å². The Morgan fingerprint density at radius 3 is 2.79 bits per heavy atom. The van der Waals surface area contributed by atoms with Crippen LogP contribution in [0.15, 0.2) is 28.7 Å². The number of halogens is 1. The first-order valence-corrected chi connectivity index (χ1v) is 7.21. The molecule has 0 amide bonds. The van der Waals surface area contributed by atoms with E-state index in [9.17, 15) is 4.79 Å². The van der Waals surface area contributed by atoms with Crippen molar-refractivity contribution in [2.24, 2.45) is 5.92 Å². The topological polar surface area (TPSA) is 40.5 Å². The van der Waals surface area contributed by atoms with Gasteiger partial charge in [0, 0.05) is 29.3 Å². The van der Waals surface area contributed by atoms with Gasteiger partial charge in [0.05, 0.1) is 0 Å². The van der Waals surface area contributed by atoms with E-state index in [0.29, 0.717) is 6.04 Å². The van der Waals surface area contributed by atoms with Gasteiger partial charge in [-0.25, -0.2) is 4.79 Å². The molecular weight excluding hydrogens is 306 g/mol. The van der Waals surface area contributed by atoms with Crippen LogP contribution < -0.4 is 4.90 Å². The molecule has 3 nitrogen and oxygen atoms in total. The molecule has 0 aromatic heterocycles. The van der Waals surface area contributed by atoms with Crippen LogP contribution in [0.1, 0.15) is 25.3 Å². The summed E-state index contributed by atoms with van der Waals surface area (Å²) in [6.07, 6.45) is 5.42. The molecule has 0 spiro atoms. The Balaban J connectivity index is 2.29. The smallest absolute Gasteiger partial charge is 0.328 e. The van der Waals surface area contributed by atoms with E-state index in [2.05, 4.69) is 34.8 Å². The second-order valence-electron chi connectivity index (χ2n) is 5.06. The summed E-state index contributed by atoms with van der Waals surface area (Å²) in [6, 6.07) is 6.46. The molecule has 1 fully saturated rings. The molecule has 0 aliphatic heterocycles. The predicted molar refractivity (Wildman–Crippen MR) is 81.4 cm³/mol. The van der Waals surface area contributed by atoms with Gasteiger partial charge in [0.2, 0.25) is 0 Å². The van der Waals surface area contributed by atoms with Crippen LogP contribution in [0.2, 0.25) is 0 Å². The molecule has 0 saturated heterocycles. The van der Waals surface area contributed by atoms with Crippen molar-refractivity contribution in [3.8, 4) is 0 Å². The predicted octanol–water partition coefficient (Wildman–Crippen LogP) is 3.78. The summed E-state index contributed by atoms with van der Waals surface area (Å²) in [7, 11) is 2.07. The van der Waals surface area contributed by atoms with Gasteiger partial charge in [-0.1, -0.05) is 15.9 Å². The van der Waals surface area contributed by atoms with Gasteiger partial charge in [-0.3, -0.25) is 0 Å². The Kier molecular flexibility index (Phi) is 4.30. The fourth-order valence-electron chi connectivity index (χ4n) is 2.26. The van der Waals surface area contributed by atoms with Crippen LogP contribution in [0.3, 0.4) is 0 Å². The number of aliphatic carboxylic acids is 1. The van der Waals surface area contributed by atoms with Gasteiger partial charge in [0.25, 0.3) is 0 Å². The molecule has 1 unspecified atom stereocenters. The van der Waals surface area contributed by atoms with Crippen LogP contribution >= 0.6 is 15.9 Å². The first kappa shape index (κ1) is 14.1. The molecule has 102 valence electrons. The summed E-state index contributed by atoms with van der Waals surface area (Å²) in [4.78, 5) is 12.9. The third-order valence-electron chi connectivity index (χ3n) is 3.69. The summed E-state index contributed by atoms with van der Waals surface area (Å²) in [5, 5.41) is 8.77. The second-order valence-corrected chi connectivity index (χ2v) is 5.98. The molecule has 19 heavy (non-hydrogen) atoms. The van der Waals surface area contributed by atoms with E-state index in [1.165, 1.54) is 18.9 Å². The lowest BCUT2D eigenvalue weighted by Gasteiger charge is -2.28. The van der Waals surface area contributed by atoms with E-state index in [-0.39, 0.29) is 0 Å². The quantitative estimate of drug-likeness (QED) is 0.838. The van der Waals surface area contributed by atoms with Crippen molar-refractivity contribution in [1.29, 1.82) is 0 Å².